The number of carbonyl (C=O) groups is 1. The average molecular weight is 242 g/mol. The summed E-state index contributed by atoms with van der Waals surface area (Å²) in [6, 6.07) is 6.40. The van der Waals surface area contributed by atoms with Crippen LogP contribution < -0.4 is 5.73 Å². The van der Waals surface area contributed by atoms with Crippen molar-refractivity contribution in [2.75, 3.05) is 13.6 Å². The van der Waals surface area contributed by atoms with Crippen molar-refractivity contribution in [1.29, 1.82) is 0 Å². The van der Waals surface area contributed by atoms with Crippen molar-refractivity contribution in [3.05, 3.63) is 29.8 Å². The van der Waals surface area contributed by atoms with Crippen LogP contribution in [0.2, 0.25) is 0 Å². The molecule has 0 aliphatic carbocycles. The molecule has 0 atom stereocenters. The van der Waals surface area contributed by atoms with Gasteiger partial charge >= 0.3 is 0 Å². The highest BCUT2D eigenvalue weighted by Gasteiger charge is 2.21. The van der Waals surface area contributed by atoms with E-state index in [4.69, 9.17) is 5.73 Å². The highest BCUT2D eigenvalue weighted by molar-refractivity contribution is 7.89. The minimum absolute atomic E-state index is 0.154. The molecule has 0 radical (unpaired) electrons. The minimum Gasteiger partial charge on any atom is -0.369 e. The van der Waals surface area contributed by atoms with Gasteiger partial charge in [0.15, 0.2) is 0 Å². The van der Waals surface area contributed by atoms with E-state index in [1.807, 2.05) is 6.92 Å². The quantitative estimate of drug-likeness (QED) is 0.813. The van der Waals surface area contributed by atoms with Crippen LogP contribution in [0, 0.1) is 6.92 Å². The lowest BCUT2D eigenvalue weighted by Crippen LogP contribution is -2.35. The first-order valence-electron chi connectivity index (χ1n) is 4.65. The van der Waals surface area contributed by atoms with Crippen molar-refractivity contribution >= 4 is 15.9 Å². The van der Waals surface area contributed by atoms with Crippen molar-refractivity contribution in [3.63, 3.8) is 0 Å². The second-order valence-corrected chi connectivity index (χ2v) is 5.59. The van der Waals surface area contributed by atoms with Crippen LogP contribution in [0.4, 0.5) is 0 Å². The smallest absolute Gasteiger partial charge is 0.243 e. The first-order chi connectivity index (χ1) is 7.34. The molecule has 1 aromatic carbocycles. The second-order valence-electron chi connectivity index (χ2n) is 3.54. The van der Waals surface area contributed by atoms with Gasteiger partial charge in [-0.3, -0.25) is 4.79 Å². The van der Waals surface area contributed by atoms with Crippen molar-refractivity contribution in [2.45, 2.75) is 11.8 Å². The molecule has 0 saturated carbocycles. The second kappa shape index (κ2) is 4.63. The molecular weight excluding hydrogens is 228 g/mol. The average Bonchev–Trinajstić information content (AvgIpc) is 2.17. The number of primary amides is 1. The largest absolute Gasteiger partial charge is 0.369 e. The standard InChI is InChI=1S/C10H14N2O3S/c1-8-3-5-9(6-4-8)16(14,15)12(2)7-10(11)13/h3-6H,7H2,1-2H3,(H2,11,13). The number of nitrogens with zero attached hydrogens (tertiary/aromatic N) is 1. The van der Waals surface area contributed by atoms with Crippen LogP contribution >= 0.6 is 0 Å². The number of nitrogens with two attached hydrogens (primary N) is 1. The fourth-order valence-corrected chi connectivity index (χ4v) is 2.33. The number of sulfonamides is 1. The molecule has 0 aliphatic heterocycles. The molecule has 0 bridgehead atoms. The maximum absolute atomic E-state index is 11.9. The number of hydrogen-bond donors (Lipinski definition) is 1. The third-order valence-corrected chi connectivity index (χ3v) is 3.93. The van der Waals surface area contributed by atoms with Gasteiger partial charge in [-0.05, 0) is 19.1 Å². The Morgan fingerprint density at radius 1 is 1.31 bits per heavy atom. The Bertz CT molecular complexity index is 479. The van der Waals surface area contributed by atoms with Gasteiger partial charge in [0.1, 0.15) is 0 Å². The first-order valence-corrected chi connectivity index (χ1v) is 6.09. The van der Waals surface area contributed by atoms with Crippen LogP contribution in [-0.2, 0) is 14.8 Å². The van der Waals surface area contributed by atoms with Crippen LogP contribution in [0.3, 0.4) is 0 Å². The van der Waals surface area contributed by atoms with Crippen molar-refractivity contribution in [3.8, 4) is 0 Å². The third kappa shape index (κ3) is 2.80. The van der Waals surface area contributed by atoms with Crippen molar-refractivity contribution in [1.82, 2.24) is 4.31 Å². The number of carbonyl (C=O) groups excluding carboxylic acids is 1. The van der Waals surface area contributed by atoms with E-state index in [0.717, 1.165) is 9.87 Å². The number of amides is 1. The van der Waals surface area contributed by atoms with E-state index in [9.17, 15) is 13.2 Å². The number of benzene rings is 1. The Morgan fingerprint density at radius 3 is 2.25 bits per heavy atom. The lowest BCUT2D eigenvalue weighted by Gasteiger charge is -2.15. The molecule has 0 unspecified atom stereocenters. The third-order valence-electron chi connectivity index (χ3n) is 2.11. The van der Waals surface area contributed by atoms with Gasteiger partial charge in [0.05, 0.1) is 11.4 Å². The zero-order chi connectivity index (χ0) is 12.3. The lowest BCUT2D eigenvalue weighted by molar-refractivity contribution is -0.118. The number of hydrogen-bond acceptors (Lipinski definition) is 3. The van der Waals surface area contributed by atoms with E-state index in [1.54, 1.807) is 12.1 Å². The van der Waals surface area contributed by atoms with Crippen LogP contribution in [0.15, 0.2) is 29.2 Å². The van der Waals surface area contributed by atoms with E-state index in [2.05, 4.69) is 0 Å². The Labute approximate surface area is 94.9 Å². The normalized spacial score (nSPS) is 11.7. The van der Waals surface area contributed by atoms with E-state index < -0.39 is 15.9 Å². The predicted molar refractivity (Wildman–Crippen MR) is 60.2 cm³/mol. The fourth-order valence-electron chi connectivity index (χ4n) is 1.19. The highest BCUT2D eigenvalue weighted by atomic mass is 32.2. The SMILES string of the molecule is Cc1ccc(S(=O)(=O)N(C)CC(N)=O)cc1. The van der Waals surface area contributed by atoms with Gasteiger partial charge in [0.2, 0.25) is 15.9 Å². The van der Waals surface area contributed by atoms with E-state index in [0.29, 0.717) is 0 Å². The highest BCUT2D eigenvalue weighted by Crippen LogP contribution is 2.14. The summed E-state index contributed by atoms with van der Waals surface area (Å²) in [6.07, 6.45) is 0. The summed E-state index contributed by atoms with van der Waals surface area (Å²) in [6.45, 7) is 1.54. The van der Waals surface area contributed by atoms with Gasteiger partial charge in [-0.1, -0.05) is 17.7 Å². The van der Waals surface area contributed by atoms with Crippen LogP contribution in [0.25, 0.3) is 0 Å². The van der Waals surface area contributed by atoms with Gasteiger partial charge in [-0.25, -0.2) is 8.42 Å². The van der Waals surface area contributed by atoms with Gasteiger partial charge in [0, 0.05) is 7.05 Å². The Morgan fingerprint density at radius 2 is 1.81 bits per heavy atom. The molecule has 0 aliphatic rings. The molecule has 0 aromatic heterocycles. The van der Waals surface area contributed by atoms with E-state index >= 15 is 0 Å². The molecule has 0 spiro atoms. The zero-order valence-electron chi connectivity index (χ0n) is 9.17. The van der Waals surface area contributed by atoms with Gasteiger partial charge < -0.3 is 5.73 Å². The summed E-state index contributed by atoms with van der Waals surface area (Å²) in [4.78, 5) is 10.8. The summed E-state index contributed by atoms with van der Waals surface area (Å²) < 4.78 is 24.7. The summed E-state index contributed by atoms with van der Waals surface area (Å²) in [5, 5.41) is 0. The number of likely N-dealkylation sites (N-methyl/N-ethyl adjacent to an activating group) is 1. The van der Waals surface area contributed by atoms with Gasteiger partial charge in [0.25, 0.3) is 0 Å². The van der Waals surface area contributed by atoms with E-state index in [1.165, 1.54) is 19.2 Å². The number of rotatable bonds is 4. The van der Waals surface area contributed by atoms with Crippen LogP contribution in [0.5, 0.6) is 0 Å². The molecule has 16 heavy (non-hydrogen) atoms. The summed E-state index contributed by atoms with van der Waals surface area (Å²) in [7, 11) is -2.30. The molecule has 1 amide bonds. The minimum atomic E-state index is -3.62. The summed E-state index contributed by atoms with van der Waals surface area (Å²) >= 11 is 0. The molecule has 5 nitrogen and oxygen atoms in total. The fraction of sp³-hybridized carbons (Fsp3) is 0.300. The Balaban J connectivity index is 3.02. The topological polar surface area (TPSA) is 80.5 Å². The zero-order valence-corrected chi connectivity index (χ0v) is 9.99. The maximum Gasteiger partial charge on any atom is 0.243 e. The Hall–Kier alpha value is -1.40. The van der Waals surface area contributed by atoms with E-state index in [-0.39, 0.29) is 11.4 Å². The van der Waals surface area contributed by atoms with Crippen LogP contribution in [-0.4, -0.2) is 32.2 Å². The summed E-state index contributed by atoms with van der Waals surface area (Å²) in [5.74, 6) is -0.682. The van der Waals surface area contributed by atoms with Gasteiger partial charge in [-0.2, -0.15) is 4.31 Å². The molecular formula is C10H14N2O3S. The molecule has 0 fully saturated rings. The number of aryl methyl sites for hydroxylation is 1. The molecule has 88 valence electrons. The molecule has 1 aromatic rings. The molecule has 2 N–H and O–H groups in total. The molecule has 6 heteroatoms. The van der Waals surface area contributed by atoms with Crippen molar-refractivity contribution in [2.24, 2.45) is 5.73 Å². The first kappa shape index (κ1) is 12.7. The van der Waals surface area contributed by atoms with Crippen molar-refractivity contribution < 1.29 is 13.2 Å². The predicted octanol–water partition coefficient (Wildman–Crippen LogP) is 0.101. The monoisotopic (exact) mass is 242 g/mol. The maximum atomic E-state index is 11.9. The molecule has 1 rings (SSSR count). The Kier molecular flexibility index (Phi) is 3.66. The summed E-state index contributed by atoms with van der Waals surface area (Å²) in [5.41, 5.74) is 5.92. The molecule has 0 saturated heterocycles. The lowest BCUT2D eigenvalue weighted by atomic mass is 10.2. The van der Waals surface area contributed by atoms with Crippen LogP contribution in [0.1, 0.15) is 5.56 Å². The molecule has 0 heterocycles. The van der Waals surface area contributed by atoms with Gasteiger partial charge in [-0.15, -0.1) is 0 Å².